The van der Waals surface area contributed by atoms with Gasteiger partial charge in [-0.05, 0) is 26.0 Å². The fraction of sp³-hybridized carbons (Fsp3) is 0.667. The summed E-state index contributed by atoms with van der Waals surface area (Å²) in [6.45, 7) is 4.04. The molecule has 0 spiro atoms. The Morgan fingerprint density at radius 3 is 2.83 bits per heavy atom. The van der Waals surface area contributed by atoms with Crippen molar-refractivity contribution in [3.05, 3.63) is 11.4 Å². The summed E-state index contributed by atoms with van der Waals surface area (Å²) in [7, 11) is 1.88. The highest BCUT2D eigenvalue weighted by atomic mass is 32.2. The quantitative estimate of drug-likeness (QED) is 0.890. The Morgan fingerprint density at radius 2 is 2.33 bits per heavy atom. The maximum absolute atomic E-state index is 12.2. The Balaban J connectivity index is 2.04. The van der Waals surface area contributed by atoms with Gasteiger partial charge in [0.1, 0.15) is 6.54 Å². The highest BCUT2D eigenvalue weighted by Gasteiger charge is 2.24. The van der Waals surface area contributed by atoms with Gasteiger partial charge in [0, 0.05) is 18.8 Å². The third kappa shape index (κ3) is 2.48. The van der Waals surface area contributed by atoms with Gasteiger partial charge in [-0.1, -0.05) is 0 Å². The van der Waals surface area contributed by atoms with Gasteiger partial charge >= 0.3 is 0 Å². The molecule has 1 aliphatic heterocycles. The molecule has 1 amide bonds. The number of nitrogens with zero attached hydrogens (tertiary/aromatic N) is 3. The van der Waals surface area contributed by atoms with Gasteiger partial charge < -0.3 is 10.6 Å². The number of rotatable bonds is 3. The summed E-state index contributed by atoms with van der Waals surface area (Å²) in [5, 5.41) is 4.30. The minimum atomic E-state index is 0.105. The molecule has 2 N–H and O–H groups in total. The number of hydrogen-bond acceptors (Lipinski definition) is 4. The monoisotopic (exact) mass is 268 g/mol. The summed E-state index contributed by atoms with van der Waals surface area (Å²) in [5.74, 6) is 2.30. The lowest BCUT2D eigenvalue weighted by atomic mass is 10.2. The number of hydrogen-bond donors (Lipinski definition) is 1. The average molecular weight is 268 g/mol. The summed E-state index contributed by atoms with van der Waals surface area (Å²) in [4.78, 5) is 14.0. The van der Waals surface area contributed by atoms with E-state index in [2.05, 4.69) is 5.10 Å². The zero-order chi connectivity index (χ0) is 13.3. The predicted molar refractivity (Wildman–Crippen MR) is 74.6 cm³/mol. The zero-order valence-electron chi connectivity index (χ0n) is 11.1. The third-order valence-electron chi connectivity index (χ3n) is 3.57. The smallest absolute Gasteiger partial charge is 0.244 e. The molecule has 5 nitrogen and oxygen atoms in total. The number of anilines is 1. The van der Waals surface area contributed by atoms with Gasteiger partial charge in [-0.25, -0.2) is 0 Å². The van der Waals surface area contributed by atoms with Gasteiger partial charge in [-0.2, -0.15) is 16.9 Å². The molecule has 100 valence electrons. The van der Waals surface area contributed by atoms with Crippen molar-refractivity contribution < 1.29 is 4.79 Å². The molecular formula is C12H20N4OS. The number of likely N-dealkylation sites (N-methyl/N-ethyl adjacent to an activating group) is 1. The van der Waals surface area contributed by atoms with E-state index in [0.717, 1.165) is 29.3 Å². The Bertz CT molecular complexity index is 451. The molecule has 1 aromatic heterocycles. The number of aromatic nitrogens is 2. The van der Waals surface area contributed by atoms with Crippen molar-refractivity contribution in [3.63, 3.8) is 0 Å². The van der Waals surface area contributed by atoms with E-state index in [4.69, 9.17) is 5.73 Å². The minimum Gasteiger partial charge on any atom is -0.396 e. The second-order valence-electron chi connectivity index (χ2n) is 4.76. The van der Waals surface area contributed by atoms with Crippen LogP contribution in [0.15, 0.2) is 0 Å². The largest absolute Gasteiger partial charge is 0.396 e. The fourth-order valence-corrected chi connectivity index (χ4v) is 3.40. The van der Waals surface area contributed by atoms with Crippen molar-refractivity contribution >= 4 is 23.4 Å². The van der Waals surface area contributed by atoms with Crippen LogP contribution in [0.2, 0.25) is 0 Å². The van der Waals surface area contributed by atoms with Gasteiger partial charge in [-0.3, -0.25) is 9.48 Å². The standard InChI is InChI=1S/C12H20N4OS/c1-8-12(13)9(2)16(14-8)6-11(17)15(3)10-4-5-18-7-10/h10H,4-7,13H2,1-3H3. The van der Waals surface area contributed by atoms with Crippen molar-refractivity contribution in [1.29, 1.82) is 0 Å². The van der Waals surface area contributed by atoms with Crippen LogP contribution in [0.1, 0.15) is 17.8 Å². The Kier molecular flexibility index (Phi) is 3.85. The summed E-state index contributed by atoms with van der Waals surface area (Å²) in [6, 6.07) is 0.372. The van der Waals surface area contributed by atoms with Crippen LogP contribution in [0.3, 0.4) is 0 Å². The number of carbonyl (C=O) groups is 1. The number of amides is 1. The first-order valence-corrected chi connectivity index (χ1v) is 7.29. The molecule has 0 aliphatic carbocycles. The van der Waals surface area contributed by atoms with Gasteiger partial charge in [0.25, 0.3) is 0 Å². The van der Waals surface area contributed by atoms with Crippen LogP contribution >= 0.6 is 11.8 Å². The molecule has 6 heteroatoms. The molecule has 2 rings (SSSR count). The second-order valence-corrected chi connectivity index (χ2v) is 5.91. The summed E-state index contributed by atoms with van der Waals surface area (Å²) in [5.41, 5.74) is 8.21. The highest BCUT2D eigenvalue weighted by molar-refractivity contribution is 7.99. The number of nitrogen functional groups attached to an aromatic ring is 1. The molecule has 0 bridgehead atoms. The second kappa shape index (κ2) is 5.22. The first-order chi connectivity index (χ1) is 8.50. The van der Waals surface area contributed by atoms with Crippen molar-refractivity contribution in [2.24, 2.45) is 0 Å². The van der Waals surface area contributed by atoms with Gasteiger partial charge in [0.15, 0.2) is 0 Å². The first-order valence-electron chi connectivity index (χ1n) is 6.13. The summed E-state index contributed by atoms with van der Waals surface area (Å²) in [6.07, 6.45) is 1.09. The van der Waals surface area contributed by atoms with E-state index in [1.54, 1.807) is 4.68 Å². The van der Waals surface area contributed by atoms with E-state index in [0.29, 0.717) is 11.7 Å². The SMILES string of the molecule is Cc1nn(CC(=O)N(C)C2CCSC2)c(C)c1N. The van der Waals surface area contributed by atoms with Crippen molar-refractivity contribution in [3.8, 4) is 0 Å². The maximum atomic E-state index is 12.2. The van der Waals surface area contributed by atoms with E-state index in [1.165, 1.54) is 0 Å². The average Bonchev–Trinajstić information content (AvgIpc) is 2.94. The molecule has 0 saturated carbocycles. The van der Waals surface area contributed by atoms with Crippen molar-refractivity contribution in [2.75, 3.05) is 24.3 Å². The number of thioether (sulfide) groups is 1. The zero-order valence-corrected chi connectivity index (χ0v) is 12.0. The Labute approximate surface area is 112 Å². The normalized spacial score (nSPS) is 19.2. The van der Waals surface area contributed by atoms with Gasteiger partial charge in [-0.15, -0.1) is 0 Å². The molecule has 2 heterocycles. The molecule has 1 aromatic rings. The number of aryl methyl sites for hydroxylation is 1. The summed E-state index contributed by atoms with van der Waals surface area (Å²) >= 11 is 1.91. The molecule has 1 fully saturated rings. The van der Waals surface area contributed by atoms with Crippen LogP contribution in [-0.2, 0) is 11.3 Å². The van der Waals surface area contributed by atoms with Crippen LogP contribution in [0, 0.1) is 13.8 Å². The van der Waals surface area contributed by atoms with Crippen LogP contribution in [0.4, 0.5) is 5.69 Å². The number of nitrogens with two attached hydrogens (primary N) is 1. The number of carbonyl (C=O) groups excluding carboxylic acids is 1. The van der Waals surface area contributed by atoms with Crippen LogP contribution in [0.25, 0.3) is 0 Å². The molecule has 0 aromatic carbocycles. The Hall–Kier alpha value is -1.17. The predicted octanol–water partition coefficient (Wildman–Crippen LogP) is 1.05. The van der Waals surface area contributed by atoms with Gasteiger partial charge in [0.2, 0.25) is 5.91 Å². The topological polar surface area (TPSA) is 64.2 Å². The molecule has 1 unspecified atom stereocenters. The Morgan fingerprint density at radius 1 is 1.61 bits per heavy atom. The molecule has 18 heavy (non-hydrogen) atoms. The van der Waals surface area contributed by atoms with E-state index >= 15 is 0 Å². The lowest BCUT2D eigenvalue weighted by Crippen LogP contribution is -2.39. The van der Waals surface area contributed by atoms with Gasteiger partial charge in [0.05, 0.1) is 17.1 Å². The minimum absolute atomic E-state index is 0.105. The molecule has 1 atom stereocenters. The van der Waals surface area contributed by atoms with E-state index < -0.39 is 0 Å². The van der Waals surface area contributed by atoms with Crippen LogP contribution in [0.5, 0.6) is 0 Å². The van der Waals surface area contributed by atoms with E-state index in [1.807, 2.05) is 37.6 Å². The fourth-order valence-electron chi connectivity index (χ4n) is 2.14. The molecular weight excluding hydrogens is 248 g/mol. The van der Waals surface area contributed by atoms with E-state index in [-0.39, 0.29) is 12.5 Å². The van der Waals surface area contributed by atoms with Crippen LogP contribution in [-0.4, -0.2) is 45.2 Å². The van der Waals surface area contributed by atoms with Crippen LogP contribution < -0.4 is 5.73 Å². The maximum Gasteiger partial charge on any atom is 0.244 e. The highest BCUT2D eigenvalue weighted by Crippen LogP contribution is 2.22. The first kappa shape index (κ1) is 13.3. The third-order valence-corrected chi connectivity index (χ3v) is 4.71. The molecule has 0 radical (unpaired) electrons. The van der Waals surface area contributed by atoms with E-state index in [9.17, 15) is 4.79 Å². The lowest BCUT2D eigenvalue weighted by Gasteiger charge is -2.23. The van der Waals surface area contributed by atoms with Crippen molar-refractivity contribution in [2.45, 2.75) is 32.9 Å². The molecule has 1 aliphatic rings. The lowest BCUT2D eigenvalue weighted by molar-refractivity contribution is -0.132. The molecule has 1 saturated heterocycles. The summed E-state index contributed by atoms with van der Waals surface area (Å²) < 4.78 is 1.70. The van der Waals surface area contributed by atoms with Crippen molar-refractivity contribution in [1.82, 2.24) is 14.7 Å².